The molecule has 0 unspecified atom stereocenters. The van der Waals surface area contributed by atoms with Gasteiger partial charge in [0.1, 0.15) is 5.75 Å². The summed E-state index contributed by atoms with van der Waals surface area (Å²) in [6.07, 6.45) is 2.16. The topological polar surface area (TPSA) is 26.2 Å². The number of aryl methyl sites for hydroxylation is 3. The molecule has 3 aromatic rings. The van der Waals surface area contributed by atoms with Crippen molar-refractivity contribution in [3.63, 3.8) is 0 Å². The predicted molar refractivity (Wildman–Crippen MR) is 103 cm³/mol. The molecule has 0 spiro atoms. The van der Waals surface area contributed by atoms with Gasteiger partial charge >= 0.3 is 0 Å². The quantitative estimate of drug-likeness (QED) is 0.755. The molecule has 0 radical (unpaired) electrons. The molecule has 0 bridgehead atoms. The zero-order chi connectivity index (χ0) is 17.2. The second-order valence-electron chi connectivity index (χ2n) is 6.85. The molecule has 1 aliphatic heterocycles. The molecule has 2 heterocycles. The fourth-order valence-corrected chi connectivity index (χ4v) is 3.91. The van der Waals surface area contributed by atoms with Gasteiger partial charge < -0.3 is 14.6 Å². The van der Waals surface area contributed by atoms with Gasteiger partial charge in [0.2, 0.25) is 0 Å². The first-order valence-electron chi connectivity index (χ1n) is 9.29. The number of nitrogens with one attached hydrogen (secondary N) is 1. The molecular formula is C22H26N2O. The Kier molecular flexibility index (Phi) is 4.50. The van der Waals surface area contributed by atoms with E-state index in [1.807, 2.05) is 6.92 Å². The number of aromatic nitrogens is 1. The summed E-state index contributed by atoms with van der Waals surface area (Å²) < 4.78 is 8.09. The van der Waals surface area contributed by atoms with Crippen molar-refractivity contribution >= 4 is 10.9 Å². The van der Waals surface area contributed by atoms with Crippen LogP contribution in [0.3, 0.4) is 0 Å². The van der Waals surface area contributed by atoms with Crippen LogP contribution in [0.15, 0.2) is 42.5 Å². The van der Waals surface area contributed by atoms with Gasteiger partial charge in [-0.05, 0) is 55.7 Å². The van der Waals surface area contributed by atoms with Gasteiger partial charge in [-0.25, -0.2) is 0 Å². The molecule has 0 aliphatic carbocycles. The second-order valence-corrected chi connectivity index (χ2v) is 6.85. The van der Waals surface area contributed by atoms with Crippen molar-refractivity contribution in [1.29, 1.82) is 0 Å². The first-order valence-corrected chi connectivity index (χ1v) is 9.29. The minimum Gasteiger partial charge on any atom is -0.494 e. The molecule has 25 heavy (non-hydrogen) atoms. The zero-order valence-electron chi connectivity index (χ0n) is 15.1. The lowest BCUT2D eigenvalue weighted by atomic mass is 10.0. The Hall–Kier alpha value is -2.26. The molecular weight excluding hydrogens is 308 g/mol. The first kappa shape index (κ1) is 16.2. The van der Waals surface area contributed by atoms with Gasteiger partial charge in [-0.1, -0.05) is 23.8 Å². The van der Waals surface area contributed by atoms with E-state index in [1.54, 1.807) is 0 Å². The van der Waals surface area contributed by atoms with Crippen molar-refractivity contribution in [2.45, 2.75) is 39.8 Å². The van der Waals surface area contributed by atoms with Gasteiger partial charge in [-0.3, -0.25) is 0 Å². The third-order valence-electron chi connectivity index (χ3n) is 5.14. The predicted octanol–water partition coefficient (Wildman–Crippen LogP) is 4.24. The molecule has 1 aliphatic rings. The van der Waals surface area contributed by atoms with Crippen LogP contribution in [0.4, 0.5) is 0 Å². The zero-order valence-corrected chi connectivity index (χ0v) is 15.1. The summed E-state index contributed by atoms with van der Waals surface area (Å²) in [6.45, 7) is 8.01. The summed E-state index contributed by atoms with van der Waals surface area (Å²) in [6, 6.07) is 15.4. The van der Waals surface area contributed by atoms with Crippen molar-refractivity contribution in [3.8, 4) is 5.75 Å². The minimum absolute atomic E-state index is 0.717. The Morgan fingerprint density at radius 1 is 1.12 bits per heavy atom. The molecule has 130 valence electrons. The van der Waals surface area contributed by atoms with Crippen LogP contribution in [-0.2, 0) is 25.9 Å². The standard InChI is InChI=1S/C22H26N2O/c1-3-25-18-7-5-17(6-8-18)11-13-24-21-9-4-16(2)14-19(21)20-15-23-12-10-22(20)24/h4-9,14,23H,3,10-13,15H2,1-2H3. The minimum atomic E-state index is 0.717. The Morgan fingerprint density at radius 2 is 1.96 bits per heavy atom. The summed E-state index contributed by atoms with van der Waals surface area (Å²) in [7, 11) is 0. The molecule has 3 nitrogen and oxygen atoms in total. The lowest BCUT2D eigenvalue weighted by Crippen LogP contribution is -2.24. The van der Waals surface area contributed by atoms with Crippen LogP contribution in [0.2, 0.25) is 0 Å². The summed E-state index contributed by atoms with van der Waals surface area (Å²) in [4.78, 5) is 0. The normalized spacial score (nSPS) is 13.8. The summed E-state index contributed by atoms with van der Waals surface area (Å²) in [5.74, 6) is 0.955. The van der Waals surface area contributed by atoms with Crippen molar-refractivity contribution in [1.82, 2.24) is 9.88 Å². The molecule has 1 aromatic heterocycles. The molecule has 3 heteroatoms. The Morgan fingerprint density at radius 3 is 2.76 bits per heavy atom. The highest BCUT2D eigenvalue weighted by Crippen LogP contribution is 2.30. The highest BCUT2D eigenvalue weighted by atomic mass is 16.5. The molecule has 2 aromatic carbocycles. The van der Waals surface area contributed by atoms with Crippen molar-refractivity contribution < 1.29 is 4.74 Å². The van der Waals surface area contributed by atoms with E-state index >= 15 is 0 Å². The smallest absolute Gasteiger partial charge is 0.119 e. The number of hydrogen-bond acceptors (Lipinski definition) is 2. The molecule has 4 rings (SSSR count). The number of benzene rings is 2. The lowest BCUT2D eigenvalue weighted by molar-refractivity contribution is 0.340. The van der Waals surface area contributed by atoms with Crippen LogP contribution in [0.5, 0.6) is 5.75 Å². The van der Waals surface area contributed by atoms with Gasteiger partial charge in [0.25, 0.3) is 0 Å². The number of ether oxygens (including phenoxy) is 1. The van der Waals surface area contributed by atoms with Crippen molar-refractivity contribution in [2.24, 2.45) is 0 Å². The van der Waals surface area contributed by atoms with E-state index in [0.29, 0.717) is 6.61 Å². The molecule has 0 amide bonds. The fourth-order valence-electron chi connectivity index (χ4n) is 3.91. The van der Waals surface area contributed by atoms with Crippen LogP contribution >= 0.6 is 0 Å². The van der Waals surface area contributed by atoms with E-state index in [0.717, 1.165) is 38.2 Å². The monoisotopic (exact) mass is 334 g/mol. The number of rotatable bonds is 5. The molecule has 0 atom stereocenters. The summed E-state index contributed by atoms with van der Waals surface area (Å²) in [5.41, 5.74) is 7.09. The van der Waals surface area contributed by atoms with E-state index in [9.17, 15) is 0 Å². The SMILES string of the molecule is CCOc1ccc(CCn2c3c(c4cc(C)ccc42)CNCC3)cc1. The van der Waals surface area contributed by atoms with Crippen LogP contribution in [0.1, 0.15) is 29.3 Å². The summed E-state index contributed by atoms with van der Waals surface area (Å²) >= 11 is 0. The van der Waals surface area contributed by atoms with E-state index in [-0.39, 0.29) is 0 Å². The van der Waals surface area contributed by atoms with Gasteiger partial charge in [0.05, 0.1) is 6.61 Å². The Bertz CT molecular complexity index is 877. The maximum absolute atomic E-state index is 5.54. The molecule has 0 saturated heterocycles. The number of hydrogen-bond donors (Lipinski definition) is 1. The maximum atomic E-state index is 5.54. The first-order chi connectivity index (χ1) is 12.3. The molecule has 1 N–H and O–H groups in total. The van der Waals surface area contributed by atoms with Crippen molar-refractivity contribution in [2.75, 3.05) is 13.2 Å². The average molecular weight is 334 g/mol. The van der Waals surface area contributed by atoms with Gasteiger partial charge in [0.15, 0.2) is 0 Å². The lowest BCUT2D eigenvalue weighted by Gasteiger charge is -2.17. The molecule has 0 saturated carbocycles. The third-order valence-corrected chi connectivity index (χ3v) is 5.14. The van der Waals surface area contributed by atoms with Crippen LogP contribution in [0, 0.1) is 6.92 Å². The molecule has 0 fully saturated rings. The second kappa shape index (κ2) is 6.93. The van der Waals surface area contributed by atoms with Crippen LogP contribution < -0.4 is 10.1 Å². The van der Waals surface area contributed by atoms with Crippen LogP contribution in [-0.4, -0.2) is 17.7 Å². The largest absolute Gasteiger partial charge is 0.494 e. The highest BCUT2D eigenvalue weighted by molar-refractivity contribution is 5.86. The van der Waals surface area contributed by atoms with E-state index < -0.39 is 0 Å². The fraction of sp³-hybridized carbons (Fsp3) is 0.364. The highest BCUT2D eigenvalue weighted by Gasteiger charge is 2.19. The average Bonchev–Trinajstić information content (AvgIpc) is 2.95. The van der Waals surface area contributed by atoms with E-state index in [1.165, 1.54) is 33.3 Å². The van der Waals surface area contributed by atoms with Crippen LogP contribution in [0.25, 0.3) is 10.9 Å². The number of fused-ring (bicyclic) bond motifs is 3. The van der Waals surface area contributed by atoms with Gasteiger partial charge in [-0.2, -0.15) is 0 Å². The van der Waals surface area contributed by atoms with Gasteiger partial charge in [0, 0.05) is 42.7 Å². The van der Waals surface area contributed by atoms with E-state index in [2.05, 4.69) is 59.3 Å². The number of nitrogens with zero attached hydrogens (tertiary/aromatic N) is 1. The Balaban J connectivity index is 1.62. The van der Waals surface area contributed by atoms with E-state index in [4.69, 9.17) is 4.74 Å². The Labute approximate surface area is 149 Å². The van der Waals surface area contributed by atoms with Crippen molar-refractivity contribution in [3.05, 3.63) is 64.8 Å². The summed E-state index contributed by atoms with van der Waals surface area (Å²) in [5, 5.41) is 4.96. The maximum Gasteiger partial charge on any atom is 0.119 e. The van der Waals surface area contributed by atoms with Gasteiger partial charge in [-0.15, -0.1) is 0 Å². The third kappa shape index (κ3) is 3.16.